The van der Waals surface area contributed by atoms with Gasteiger partial charge in [0, 0.05) is 6.54 Å². The topological polar surface area (TPSA) is 55.5 Å². The quantitative estimate of drug-likeness (QED) is 0.797. The first kappa shape index (κ1) is 11.3. The van der Waals surface area contributed by atoms with Crippen LogP contribution in [0.4, 0.5) is 0 Å². The molecule has 1 rings (SSSR count). The fraction of sp³-hybridized carbons (Fsp3) is 0.400. The first-order valence-corrected chi connectivity index (χ1v) is 4.78. The van der Waals surface area contributed by atoms with Crippen molar-refractivity contribution in [2.45, 2.75) is 13.0 Å². The van der Waals surface area contributed by atoms with Crippen molar-refractivity contribution in [3.05, 3.63) is 28.8 Å². The van der Waals surface area contributed by atoms with Crippen LogP contribution in [-0.4, -0.2) is 24.4 Å². The van der Waals surface area contributed by atoms with Gasteiger partial charge in [0.15, 0.2) is 0 Å². The SMILES string of the molecule is Cc1ccc(Cl)c(OC[C@@H](O)CN)c1. The van der Waals surface area contributed by atoms with E-state index in [1.807, 2.05) is 19.1 Å². The molecule has 0 fully saturated rings. The van der Waals surface area contributed by atoms with Crippen molar-refractivity contribution >= 4 is 11.6 Å². The normalized spacial score (nSPS) is 12.6. The predicted octanol–water partition coefficient (Wildman–Crippen LogP) is 1.35. The van der Waals surface area contributed by atoms with Gasteiger partial charge in [-0.1, -0.05) is 17.7 Å². The molecule has 78 valence electrons. The first-order chi connectivity index (χ1) is 6.63. The summed E-state index contributed by atoms with van der Waals surface area (Å²) >= 11 is 5.88. The number of halogens is 1. The molecule has 0 amide bonds. The fourth-order valence-corrected chi connectivity index (χ4v) is 1.15. The van der Waals surface area contributed by atoms with Crippen LogP contribution in [0.5, 0.6) is 5.75 Å². The Labute approximate surface area is 88.4 Å². The molecule has 0 aliphatic carbocycles. The summed E-state index contributed by atoms with van der Waals surface area (Å²) < 4.78 is 5.31. The van der Waals surface area contributed by atoms with E-state index in [4.69, 9.17) is 22.1 Å². The van der Waals surface area contributed by atoms with Crippen molar-refractivity contribution in [1.29, 1.82) is 0 Å². The third-order valence-electron chi connectivity index (χ3n) is 1.79. The molecule has 0 spiro atoms. The molecule has 0 radical (unpaired) electrons. The van der Waals surface area contributed by atoms with Gasteiger partial charge in [-0.2, -0.15) is 0 Å². The average Bonchev–Trinajstić information content (AvgIpc) is 2.19. The highest BCUT2D eigenvalue weighted by atomic mass is 35.5. The molecule has 0 aromatic heterocycles. The van der Waals surface area contributed by atoms with Gasteiger partial charge in [-0.05, 0) is 24.6 Å². The second-order valence-corrected chi connectivity index (χ2v) is 3.54. The van der Waals surface area contributed by atoms with Crippen LogP contribution < -0.4 is 10.5 Å². The number of rotatable bonds is 4. The van der Waals surface area contributed by atoms with Crippen LogP contribution >= 0.6 is 11.6 Å². The summed E-state index contributed by atoms with van der Waals surface area (Å²) in [6, 6.07) is 5.49. The maximum absolute atomic E-state index is 9.19. The molecule has 0 heterocycles. The lowest BCUT2D eigenvalue weighted by Crippen LogP contribution is -2.26. The van der Waals surface area contributed by atoms with Gasteiger partial charge < -0.3 is 15.6 Å². The molecule has 3 nitrogen and oxygen atoms in total. The molecule has 3 N–H and O–H groups in total. The lowest BCUT2D eigenvalue weighted by Gasteiger charge is -2.11. The van der Waals surface area contributed by atoms with Gasteiger partial charge >= 0.3 is 0 Å². The lowest BCUT2D eigenvalue weighted by atomic mass is 10.2. The number of benzene rings is 1. The molecule has 0 saturated carbocycles. The minimum atomic E-state index is -0.647. The predicted molar refractivity (Wildman–Crippen MR) is 56.7 cm³/mol. The molecular weight excluding hydrogens is 202 g/mol. The molecular formula is C10H14ClNO2. The molecule has 4 heteroatoms. The van der Waals surface area contributed by atoms with Crippen molar-refractivity contribution in [1.82, 2.24) is 0 Å². The third kappa shape index (κ3) is 3.18. The molecule has 0 aliphatic rings. The van der Waals surface area contributed by atoms with E-state index >= 15 is 0 Å². The smallest absolute Gasteiger partial charge is 0.138 e. The van der Waals surface area contributed by atoms with Gasteiger partial charge in [-0.15, -0.1) is 0 Å². The van der Waals surface area contributed by atoms with Crippen molar-refractivity contribution in [2.75, 3.05) is 13.2 Å². The van der Waals surface area contributed by atoms with E-state index in [1.54, 1.807) is 6.07 Å². The van der Waals surface area contributed by atoms with E-state index in [9.17, 15) is 5.11 Å². The highest BCUT2D eigenvalue weighted by Crippen LogP contribution is 2.25. The van der Waals surface area contributed by atoms with Gasteiger partial charge in [0.25, 0.3) is 0 Å². The highest BCUT2D eigenvalue weighted by Gasteiger charge is 2.05. The number of ether oxygens (including phenoxy) is 1. The maximum Gasteiger partial charge on any atom is 0.138 e. The van der Waals surface area contributed by atoms with Gasteiger partial charge in [0.2, 0.25) is 0 Å². The summed E-state index contributed by atoms with van der Waals surface area (Å²) in [5.41, 5.74) is 6.30. The zero-order chi connectivity index (χ0) is 10.6. The monoisotopic (exact) mass is 215 g/mol. The zero-order valence-corrected chi connectivity index (χ0v) is 8.79. The van der Waals surface area contributed by atoms with Crippen LogP contribution in [0.1, 0.15) is 5.56 Å². The summed E-state index contributed by atoms with van der Waals surface area (Å²) in [4.78, 5) is 0. The summed E-state index contributed by atoms with van der Waals surface area (Å²) in [5, 5.41) is 9.73. The van der Waals surface area contributed by atoms with Crippen LogP contribution in [0.3, 0.4) is 0 Å². The molecule has 14 heavy (non-hydrogen) atoms. The van der Waals surface area contributed by atoms with Gasteiger partial charge in [-0.25, -0.2) is 0 Å². The highest BCUT2D eigenvalue weighted by molar-refractivity contribution is 6.32. The Bertz CT molecular complexity index is 304. The number of aliphatic hydroxyl groups excluding tert-OH is 1. The van der Waals surface area contributed by atoms with Crippen LogP contribution in [0, 0.1) is 6.92 Å². The molecule has 0 bridgehead atoms. The number of aryl methyl sites for hydroxylation is 1. The largest absolute Gasteiger partial charge is 0.489 e. The van der Waals surface area contributed by atoms with E-state index in [2.05, 4.69) is 0 Å². The van der Waals surface area contributed by atoms with Crippen LogP contribution in [0.25, 0.3) is 0 Å². The molecule has 1 aromatic rings. The summed E-state index contributed by atoms with van der Waals surface area (Å²) in [6.07, 6.45) is -0.647. The zero-order valence-electron chi connectivity index (χ0n) is 8.03. The van der Waals surface area contributed by atoms with Crippen molar-refractivity contribution in [3.63, 3.8) is 0 Å². The number of hydrogen-bond acceptors (Lipinski definition) is 3. The minimum Gasteiger partial charge on any atom is -0.489 e. The van der Waals surface area contributed by atoms with Crippen LogP contribution in [0.15, 0.2) is 18.2 Å². The van der Waals surface area contributed by atoms with Gasteiger partial charge in [-0.3, -0.25) is 0 Å². The number of nitrogens with two attached hydrogens (primary N) is 1. The van der Waals surface area contributed by atoms with E-state index in [-0.39, 0.29) is 13.2 Å². The molecule has 1 aromatic carbocycles. The Morgan fingerprint density at radius 3 is 2.93 bits per heavy atom. The molecule has 0 saturated heterocycles. The Hall–Kier alpha value is -0.770. The van der Waals surface area contributed by atoms with Gasteiger partial charge in [0.1, 0.15) is 18.5 Å². The van der Waals surface area contributed by atoms with Crippen LogP contribution in [-0.2, 0) is 0 Å². The average molecular weight is 216 g/mol. The summed E-state index contributed by atoms with van der Waals surface area (Å²) in [5.74, 6) is 0.583. The van der Waals surface area contributed by atoms with Crippen LogP contribution in [0.2, 0.25) is 5.02 Å². The Morgan fingerprint density at radius 2 is 2.29 bits per heavy atom. The number of hydrogen-bond donors (Lipinski definition) is 2. The second kappa shape index (κ2) is 5.20. The summed E-state index contributed by atoms with van der Waals surface area (Å²) in [6.45, 7) is 2.30. The molecule has 0 aliphatic heterocycles. The van der Waals surface area contributed by atoms with Crippen molar-refractivity contribution in [2.24, 2.45) is 5.73 Å². The first-order valence-electron chi connectivity index (χ1n) is 4.40. The van der Waals surface area contributed by atoms with E-state index in [0.717, 1.165) is 5.56 Å². The van der Waals surface area contributed by atoms with E-state index in [0.29, 0.717) is 10.8 Å². The maximum atomic E-state index is 9.19. The van der Waals surface area contributed by atoms with Crippen molar-refractivity contribution < 1.29 is 9.84 Å². The lowest BCUT2D eigenvalue weighted by molar-refractivity contribution is 0.114. The summed E-state index contributed by atoms with van der Waals surface area (Å²) in [7, 11) is 0. The fourth-order valence-electron chi connectivity index (χ4n) is 0.975. The standard InChI is InChI=1S/C10H14ClNO2/c1-7-2-3-9(11)10(4-7)14-6-8(13)5-12/h2-4,8,13H,5-6,12H2,1H3/t8-/m0/s1. The van der Waals surface area contributed by atoms with E-state index in [1.165, 1.54) is 0 Å². The molecule has 1 atom stereocenters. The van der Waals surface area contributed by atoms with Crippen molar-refractivity contribution in [3.8, 4) is 5.75 Å². The second-order valence-electron chi connectivity index (χ2n) is 3.13. The number of aliphatic hydroxyl groups is 1. The third-order valence-corrected chi connectivity index (χ3v) is 2.10. The Morgan fingerprint density at radius 1 is 1.57 bits per heavy atom. The molecule has 0 unspecified atom stereocenters. The Balaban J connectivity index is 2.62. The Kier molecular flexibility index (Phi) is 4.20. The minimum absolute atomic E-state index is 0.166. The van der Waals surface area contributed by atoms with E-state index < -0.39 is 6.10 Å². The van der Waals surface area contributed by atoms with Gasteiger partial charge in [0.05, 0.1) is 5.02 Å².